The number of carbonyl (C=O) groups is 2. The van der Waals surface area contributed by atoms with Crippen molar-refractivity contribution in [3.05, 3.63) is 36.0 Å². The zero-order valence-corrected chi connectivity index (χ0v) is 16.2. The first-order valence-electron chi connectivity index (χ1n) is 9.83. The third-order valence-corrected chi connectivity index (χ3v) is 8.38. The number of fused-ring (bicyclic) bond motifs is 5. The molecule has 28 heavy (non-hydrogen) atoms. The second-order valence-corrected chi connectivity index (χ2v) is 9.36. The van der Waals surface area contributed by atoms with Crippen molar-refractivity contribution in [3.63, 3.8) is 0 Å². The monoisotopic (exact) mass is 390 g/mol. The Morgan fingerprint density at radius 3 is 2.68 bits per heavy atom. The average molecular weight is 390 g/mol. The lowest BCUT2D eigenvalue weighted by Crippen LogP contribution is -2.69. The highest BCUT2D eigenvalue weighted by molar-refractivity contribution is 6.01. The molecule has 0 aromatic rings. The zero-order valence-electron chi connectivity index (χ0n) is 16.2. The minimum Gasteiger partial charge on any atom is -0.390 e. The number of Topliss-reactive ketones (excluding diaryl/α,β-unsaturated/α-hetero) is 1. The van der Waals surface area contributed by atoms with Crippen molar-refractivity contribution in [3.8, 4) is 0 Å². The molecule has 4 aliphatic carbocycles. The van der Waals surface area contributed by atoms with Gasteiger partial charge in [0.2, 0.25) is 0 Å². The van der Waals surface area contributed by atoms with Gasteiger partial charge in [-0.3, -0.25) is 9.59 Å². The number of rotatable bonds is 2. The minimum atomic E-state index is -2.02. The molecule has 0 aromatic heterocycles. The highest BCUT2D eigenvalue weighted by Gasteiger charge is 2.74. The summed E-state index contributed by atoms with van der Waals surface area (Å²) in [5.74, 6) is -1.95. The summed E-state index contributed by atoms with van der Waals surface area (Å²) in [6.07, 6.45) is 4.01. The van der Waals surface area contributed by atoms with Gasteiger partial charge in [-0.2, -0.15) is 0 Å². The van der Waals surface area contributed by atoms with Gasteiger partial charge in [-0.05, 0) is 56.3 Å². The number of alkyl halides is 1. The fourth-order valence-electron chi connectivity index (χ4n) is 6.80. The predicted octanol–water partition coefficient (Wildman–Crippen LogP) is 1.82. The largest absolute Gasteiger partial charge is 0.390 e. The van der Waals surface area contributed by atoms with Gasteiger partial charge in [0.15, 0.2) is 22.8 Å². The molecule has 4 rings (SSSR count). The van der Waals surface area contributed by atoms with Gasteiger partial charge in [-0.15, -0.1) is 0 Å². The van der Waals surface area contributed by atoms with Crippen LogP contribution in [0.4, 0.5) is 4.39 Å². The topological polar surface area (TPSA) is 94.8 Å². The van der Waals surface area contributed by atoms with E-state index in [4.69, 9.17) is 0 Å². The Balaban J connectivity index is 1.85. The molecule has 3 N–H and O–H groups in total. The Morgan fingerprint density at radius 1 is 1.36 bits per heavy atom. The molecule has 0 amide bonds. The number of carbonyl (C=O) groups excluding carboxylic acids is 2. The van der Waals surface area contributed by atoms with Crippen LogP contribution in [0.15, 0.2) is 36.0 Å². The number of allylic oxidation sites excluding steroid dienone is 4. The maximum atomic E-state index is 16.8. The van der Waals surface area contributed by atoms with Gasteiger partial charge in [0.25, 0.3) is 0 Å². The summed E-state index contributed by atoms with van der Waals surface area (Å²) >= 11 is 0. The van der Waals surface area contributed by atoms with Crippen molar-refractivity contribution in [2.75, 3.05) is 6.61 Å². The fraction of sp³-hybridized carbons (Fsp3) is 0.636. The summed E-state index contributed by atoms with van der Waals surface area (Å²) in [7, 11) is 0. The maximum absolute atomic E-state index is 16.8. The van der Waals surface area contributed by atoms with E-state index in [0.717, 1.165) is 0 Å². The lowest BCUT2D eigenvalue weighted by Gasteiger charge is -2.62. The number of aliphatic hydroxyl groups excluding tert-OH is 2. The van der Waals surface area contributed by atoms with Gasteiger partial charge in [-0.25, -0.2) is 4.39 Å². The lowest BCUT2D eigenvalue weighted by atomic mass is 9.44. The van der Waals surface area contributed by atoms with Crippen LogP contribution in [0.1, 0.15) is 39.5 Å². The van der Waals surface area contributed by atoms with Gasteiger partial charge in [-0.1, -0.05) is 25.2 Å². The molecule has 0 saturated heterocycles. The number of ketones is 2. The molecule has 0 heterocycles. The van der Waals surface area contributed by atoms with Gasteiger partial charge < -0.3 is 15.3 Å². The molecule has 0 aliphatic heterocycles. The van der Waals surface area contributed by atoms with Crippen molar-refractivity contribution in [2.45, 2.75) is 56.9 Å². The summed E-state index contributed by atoms with van der Waals surface area (Å²) in [5, 5.41) is 31.8. The molecule has 0 bridgehead atoms. The van der Waals surface area contributed by atoms with E-state index in [1.54, 1.807) is 19.9 Å². The van der Waals surface area contributed by atoms with Crippen molar-refractivity contribution in [1.29, 1.82) is 0 Å². The highest BCUT2D eigenvalue weighted by Crippen LogP contribution is 2.70. The molecule has 2 unspecified atom stereocenters. The molecule has 0 aromatic carbocycles. The van der Waals surface area contributed by atoms with Crippen LogP contribution in [-0.4, -0.2) is 50.9 Å². The Bertz CT molecular complexity index is 846. The summed E-state index contributed by atoms with van der Waals surface area (Å²) in [6.45, 7) is 6.46. The van der Waals surface area contributed by atoms with Crippen molar-refractivity contribution in [1.82, 2.24) is 0 Å². The molecular weight excluding hydrogens is 363 g/mol. The zero-order chi connectivity index (χ0) is 20.7. The van der Waals surface area contributed by atoms with Crippen LogP contribution in [-0.2, 0) is 9.59 Å². The Kier molecular flexibility index (Phi) is 4.01. The third kappa shape index (κ3) is 1.96. The number of hydrogen-bond donors (Lipinski definition) is 3. The van der Waals surface area contributed by atoms with Crippen LogP contribution in [0.2, 0.25) is 0 Å². The van der Waals surface area contributed by atoms with Crippen LogP contribution in [0.25, 0.3) is 0 Å². The van der Waals surface area contributed by atoms with Crippen LogP contribution >= 0.6 is 0 Å². The van der Waals surface area contributed by atoms with Gasteiger partial charge in [0.1, 0.15) is 6.61 Å². The van der Waals surface area contributed by atoms with Crippen LogP contribution in [0, 0.1) is 22.7 Å². The average Bonchev–Trinajstić information content (AvgIpc) is 2.84. The van der Waals surface area contributed by atoms with Gasteiger partial charge >= 0.3 is 0 Å². The number of halogens is 1. The van der Waals surface area contributed by atoms with E-state index in [1.807, 2.05) is 0 Å². The van der Waals surface area contributed by atoms with E-state index in [1.165, 1.54) is 12.2 Å². The normalized spacial score (nSPS) is 49.9. The second kappa shape index (κ2) is 5.71. The Labute approximate surface area is 163 Å². The SMILES string of the molecule is C=C1CC2C3CCC4=CC(=O)C=C[C@]4(C)[C@@]3(F)[C@@H](O)C[C@]2(C)[C@@]1(O)C(=O)CO. The molecule has 6 heteroatoms. The summed E-state index contributed by atoms with van der Waals surface area (Å²) in [5.41, 5.74) is -5.28. The Hall–Kier alpha value is -1.63. The van der Waals surface area contributed by atoms with Gasteiger partial charge in [0.05, 0.1) is 6.10 Å². The second-order valence-electron chi connectivity index (χ2n) is 9.36. The van der Waals surface area contributed by atoms with Gasteiger partial charge in [0, 0.05) is 16.7 Å². The molecule has 152 valence electrons. The first-order valence-corrected chi connectivity index (χ1v) is 9.83. The predicted molar refractivity (Wildman–Crippen MR) is 99.9 cm³/mol. The Morgan fingerprint density at radius 2 is 2.04 bits per heavy atom. The molecule has 0 spiro atoms. The van der Waals surface area contributed by atoms with E-state index >= 15 is 4.39 Å². The minimum absolute atomic E-state index is 0.128. The highest BCUT2D eigenvalue weighted by atomic mass is 19.1. The summed E-state index contributed by atoms with van der Waals surface area (Å²) in [6, 6.07) is 0. The summed E-state index contributed by atoms with van der Waals surface area (Å²) in [4.78, 5) is 24.3. The molecule has 5 nitrogen and oxygen atoms in total. The molecule has 0 radical (unpaired) electrons. The number of aliphatic hydroxyl groups is 3. The molecule has 3 saturated carbocycles. The fourth-order valence-corrected chi connectivity index (χ4v) is 6.80. The van der Waals surface area contributed by atoms with Crippen LogP contribution in [0.3, 0.4) is 0 Å². The van der Waals surface area contributed by atoms with Crippen LogP contribution in [0.5, 0.6) is 0 Å². The van der Waals surface area contributed by atoms with E-state index in [9.17, 15) is 24.9 Å². The summed E-state index contributed by atoms with van der Waals surface area (Å²) < 4.78 is 16.8. The lowest BCUT2D eigenvalue weighted by molar-refractivity contribution is -0.215. The van der Waals surface area contributed by atoms with E-state index in [-0.39, 0.29) is 24.2 Å². The third-order valence-electron chi connectivity index (χ3n) is 8.38. The molecular formula is C22H27FO5. The quantitative estimate of drug-likeness (QED) is 0.625. The number of hydrogen-bond acceptors (Lipinski definition) is 5. The smallest absolute Gasteiger partial charge is 0.194 e. The van der Waals surface area contributed by atoms with Crippen molar-refractivity contribution in [2.24, 2.45) is 22.7 Å². The van der Waals surface area contributed by atoms with Crippen molar-refractivity contribution < 1.29 is 29.3 Å². The van der Waals surface area contributed by atoms with Crippen molar-refractivity contribution >= 4 is 11.6 Å². The van der Waals surface area contributed by atoms with E-state index < -0.39 is 52.4 Å². The first kappa shape index (κ1) is 19.7. The molecule has 7 atom stereocenters. The maximum Gasteiger partial charge on any atom is 0.194 e. The molecule has 4 aliphatic rings. The van der Waals surface area contributed by atoms with E-state index in [2.05, 4.69) is 6.58 Å². The standard InChI is InChI=1S/C22H27FO5/c1-12-8-16-15-5-4-13-9-14(25)6-7-19(13,2)21(15,23)17(26)10-20(16,3)22(12,28)18(27)11-24/h6-7,9,15-17,24,26,28H,1,4-5,8,10-11H2,2-3H3/t15?,16?,17-,19-,20-,21-,22-/m0/s1. The van der Waals surface area contributed by atoms with E-state index in [0.29, 0.717) is 18.4 Å². The van der Waals surface area contributed by atoms with Crippen LogP contribution < -0.4 is 0 Å². The first-order chi connectivity index (χ1) is 13.0. The molecule has 3 fully saturated rings.